The molecule has 0 aliphatic heterocycles. The molecule has 0 saturated heterocycles. The van der Waals surface area contributed by atoms with Crippen molar-refractivity contribution in [3.8, 4) is 0 Å². The number of nitrogens with zero attached hydrogens (tertiary/aromatic N) is 1. The number of pyridine rings is 1. The maximum Gasteiger partial charge on any atom is 0.356 e. The molecule has 0 fully saturated rings. The number of hydrogen-bond donors (Lipinski definition) is 1. The monoisotopic (exact) mass is 323 g/mol. The summed E-state index contributed by atoms with van der Waals surface area (Å²) in [5.74, 6) is -1.62. The minimum absolute atomic E-state index is 0.0314. The fourth-order valence-electron chi connectivity index (χ4n) is 1.56. The molecule has 1 N–H and O–H groups in total. The Hall–Kier alpha value is -2.05. The van der Waals surface area contributed by atoms with Crippen LogP contribution in [0.3, 0.4) is 0 Å². The molecule has 21 heavy (non-hydrogen) atoms. The van der Waals surface area contributed by atoms with Crippen LogP contribution in [0.25, 0.3) is 0 Å². The highest BCUT2D eigenvalue weighted by molar-refractivity contribution is 7.99. The molecule has 2 rings (SSSR count). The van der Waals surface area contributed by atoms with Gasteiger partial charge in [-0.2, -0.15) is 0 Å². The third-order valence-electron chi connectivity index (χ3n) is 2.53. The lowest BCUT2D eigenvalue weighted by molar-refractivity contribution is 0.0593. The van der Waals surface area contributed by atoms with Crippen LogP contribution >= 0.6 is 23.4 Å². The van der Waals surface area contributed by atoms with E-state index < -0.39 is 11.9 Å². The van der Waals surface area contributed by atoms with Gasteiger partial charge in [-0.05, 0) is 30.3 Å². The van der Waals surface area contributed by atoms with Crippen LogP contribution in [0.2, 0.25) is 5.02 Å². The Balaban J connectivity index is 2.28. The number of carboxylic acids is 1. The van der Waals surface area contributed by atoms with Crippen LogP contribution in [-0.2, 0) is 4.74 Å². The van der Waals surface area contributed by atoms with Gasteiger partial charge in [0.15, 0.2) is 0 Å². The fourth-order valence-corrected chi connectivity index (χ4v) is 2.64. The van der Waals surface area contributed by atoms with E-state index in [4.69, 9.17) is 16.7 Å². The van der Waals surface area contributed by atoms with Gasteiger partial charge in [-0.15, -0.1) is 0 Å². The number of carbonyl (C=O) groups excluding carboxylic acids is 1. The topological polar surface area (TPSA) is 76.5 Å². The molecule has 7 heteroatoms. The Labute approximate surface area is 129 Å². The van der Waals surface area contributed by atoms with Crippen LogP contribution in [-0.4, -0.2) is 29.1 Å². The fraction of sp³-hybridized carbons (Fsp3) is 0.0714. The number of hydrogen-bond acceptors (Lipinski definition) is 5. The number of aromatic nitrogens is 1. The third kappa shape index (κ3) is 3.74. The van der Waals surface area contributed by atoms with Crippen molar-refractivity contribution in [3.63, 3.8) is 0 Å². The number of methoxy groups -OCH3 is 1. The Kier molecular flexibility index (Phi) is 4.82. The van der Waals surface area contributed by atoms with Gasteiger partial charge in [0.05, 0.1) is 17.7 Å². The van der Waals surface area contributed by atoms with Crippen LogP contribution in [0.5, 0.6) is 0 Å². The minimum atomic E-state index is -1.09. The van der Waals surface area contributed by atoms with Gasteiger partial charge in [-0.1, -0.05) is 23.4 Å². The summed E-state index contributed by atoms with van der Waals surface area (Å²) in [4.78, 5) is 27.8. The molecule has 2 aromatic rings. The van der Waals surface area contributed by atoms with Gasteiger partial charge in [-0.3, -0.25) is 0 Å². The van der Waals surface area contributed by atoms with Gasteiger partial charge < -0.3 is 9.84 Å². The lowest BCUT2D eigenvalue weighted by atomic mass is 10.2. The molecule has 0 unspecified atom stereocenters. The second-order valence-electron chi connectivity index (χ2n) is 3.92. The Morgan fingerprint density at radius 1 is 1.24 bits per heavy atom. The van der Waals surface area contributed by atoms with Crippen LogP contribution < -0.4 is 0 Å². The zero-order valence-electron chi connectivity index (χ0n) is 10.9. The van der Waals surface area contributed by atoms with Crippen molar-refractivity contribution < 1.29 is 19.4 Å². The third-order valence-corrected chi connectivity index (χ3v) is 3.84. The Morgan fingerprint density at radius 2 is 1.95 bits per heavy atom. The molecule has 0 saturated carbocycles. The quantitative estimate of drug-likeness (QED) is 0.869. The SMILES string of the molecule is COC(=O)c1cc(Sc2ccc(Cl)c(C(=O)O)c2)ccn1. The van der Waals surface area contributed by atoms with E-state index in [1.807, 2.05) is 0 Å². The standard InChI is InChI=1S/C14H10ClNO4S/c1-20-14(19)12-7-9(4-5-16-12)21-8-2-3-11(15)10(6-8)13(17)18/h2-7H,1H3,(H,17,18). The van der Waals surface area contributed by atoms with E-state index in [0.717, 1.165) is 4.90 Å². The van der Waals surface area contributed by atoms with Gasteiger partial charge in [0.1, 0.15) is 5.69 Å². The van der Waals surface area contributed by atoms with Crippen LogP contribution in [0.1, 0.15) is 20.8 Å². The van der Waals surface area contributed by atoms with Crippen molar-refractivity contribution in [2.24, 2.45) is 0 Å². The first-order valence-corrected chi connectivity index (χ1v) is 6.96. The average molecular weight is 324 g/mol. The number of carboxylic acid groups (broad SMARTS) is 1. The summed E-state index contributed by atoms with van der Waals surface area (Å²) in [6.07, 6.45) is 1.49. The molecule has 1 aromatic heterocycles. The average Bonchev–Trinajstić information content (AvgIpc) is 2.48. The molecule has 0 radical (unpaired) electrons. The number of rotatable bonds is 4. The molecular formula is C14H10ClNO4S. The second-order valence-corrected chi connectivity index (χ2v) is 5.47. The predicted molar refractivity (Wildman–Crippen MR) is 78.1 cm³/mol. The minimum Gasteiger partial charge on any atom is -0.478 e. The molecule has 0 atom stereocenters. The molecular weight excluding hydrogens is 314 g/mol. The number of ether oxygens (including phenoxy) is 1. The summed E-state index contributed by atoms with van der Waals surface area (Å²) in [6.45, 7) is 0. The number of aromatic carboxylic acids is 1. The molecule has 1 heterocycles. The largest absolute Gasteiger partial charge is 0.478 e. The molecule has 0 amide bonds. The van der Waals surface area contributed by atoms with Crippen LogP contribution in [0.15, 0.2) is 46.3 Å². The van der Waals surface area contributed by atoms with Crippen molar-refractivity contribution in [1.29, 1.82) is 0 Å². The Bertz CT molecular complexity index is 705. The van der Waals surface area contributed by atoms with E-state index in [9.17, 15) is 9.59 Å². The van der Waals surface area contributed by atoms with Gasteiger partial charge >= 0.3 is 11.9 Å². The van der Waals surface area contributed by atoms with E-state index in [0.29, 0.717) is 4.90 Å². The summed E-state index contributed by atoms with van der Waals surface area (Å²) >= 11 is 7.12. The molecule has 0 aliphatic rings. The Morgan fingerprint density at radius 3 is 2.62 bits per heavy atom. The summed E-state index contributed by atoms with van der Waals surface area (Å²) < 4.78 is 4.60. The van der Waals surface area contributed by atoms with E-state index in [2.05, 4.69) is 9.72 Å². The highest BCUT2D eigenvalue weighted by Crippen LogP contribution is 2.30. The van der Waals surface area contributed by atoms with E-state index in [1.165, 1.54) is 37.2 Å². The predicted octanol–water partition coefficient (Wildman–Crippen LogP) is 3.37. The van der Waals surface area contributed by atoms with Crippen molar-refractivity contribution in [3.05, 3.63) is 52.8 Å². The van der Waals surface area contributed by atoms with Gasteiger partial charge in [-0.25, -0.2) is 14.6 Å². The zero-order chi connectivity index (χ0) is 15.4. The van der Waals surface area contributed by atoms with Crippen LogP contribution in [0.4, 0.5) is 0 Å². The van der Waals surface area contributed by atoms with Gasteiger partial charge in [0, 0.05) is 16.0 Å². The highest BCUT2D eigenvalue weighted by Gasteiger charge is 2.11. The summed E-state index contributed by atoms with van der Waals surface area (Å²) in [5.41, 5.74) is 0.221. The second kappa shape index (κ2) is 6.60. The van der Waals surface area contributed by atoms with Crippen molar-refractivity contribution in [2.45, 2.75) is 9.79 Å². The molecule has 1 aromatic carbocycles. The number of halogens is 1. The molecule has 0 aliphatic carbocycles. The first kappa shape index (κ1) is 15.3. The van der Waals surface area contributed by atoms with E-state index in [-0.39, 0.29) is 16.3 Å². The van der Waals surface area contributed by atoms with E-state index in [1.54, 1.807) is 18.2 Å². The first-order chi connectivity index (χ1) is 10.0. The van der Waals surface area contributed by atoms with E-state index >= 15 is 0 Å². The normalized spacial score (nSPS) is 10.2. The molecule has 5 nitrogen and oxygen atoms in total. The van der Waals surface area contributed by atoms with Crippen molar-refractivity contribution in [1.82, 2.24) is 4.98 Å². The number of benzene rings is 1. The maximum absolute atomic E-state index is 11.4. The lowest BCUT2D eigenvalue weighted by Crippen LogP contribution is -2.03. The van der Waals surface area contributed by atoms with Gasteiger partial charge in [0.25, 0.3) is 0 Å². The summed E-state index contributed by atoms with van der Waals surface area (Å²) in [6, 6.07) is 8.00. The highest BCUT2D eigenvalue weighted by atomic mass is 35.5. The zero-order valence-corrected chi connectivity index (χ0v) is 12.4. The molecule has 0 spiro atoms. The number of esters is 1. The summed E-state index contributed by atoms with van der Waals surface area (Å²) in [5, 5.41) is 9.22. The van der Waals surface area contributed by atoms with Crippen molar-refractivity contribution in [2.75, 3.05) is 7.11 Å². The smallest absolute Gasteiger partial charge is 0.356 e. The first-order valence-electron chi connectivity index (χ1n) is 5.76. The lowest BCUT2D eigenvalue weighted by Gasteiger charge is -2.05. The van der Waals surface area contributed by atoms with Crippen LogP contribution in [0, 0.1) is 0 Å². The molecule has 0 bridgehead atoms. The van der Waals surface area contributed by atoms with Gasteiger partial charge in [0.2, 0.25) is 0 Å². The maximum atomic E-state index is 11.4. The van der Waals surface area contributed by atoms with Crippen molar-refractivity contribution >= 4 is 35.3 Å². The number of carbonyl (C=O) groups is 2. The molecule has 108 valence electrons. The summed E-state index contributed by atoms with van der Waals surface area (Å²) in [7, 11) is 1.28.